The van der Waals surface area contributed by atoms with Crippen molar-refractivity contribution in [3.05, 3.63) is 0 Å². The Labute approximate surface area is 124 Å². The second kappa shape index (κ2) is 6.47. The molecule has 3 heteroatoms. The smallest absolute Gasteiger partial charge is 0.0598 e. The van der Waals surface area contributed by atoms with Gasteiger partial charge in [0.2, 0.25) is 0 Å². The van der Waals surface area contributed by atoms with Gasteiger partial charge in [0, 0.05) is 37.3 Å². The highest BCUT2D eigenvalue weighted by molar-refractivity contribution is 4.95. The summed E-state index contributed by atoms with van der Waals surface area (Å²) in [4.78, 5) is 5.05. The van der Waals surface area contributed by atoms with Crippen molar-refractivity contribution in [1.82, 2.24) is 15.1 Å². The van der Waals surface area contributed by atoms with Crippen LogP contribution in [0.5, 0.6) is 0 Å². The number of likely N-dealkylation sites (tertiary alicyclic amines) is 1. The number of nitrogens with one attached hydrogen (secondary N) is 1. The molecule has 2 bridgehead atoms. The van der Waals surface area contributed by atoms with Gasteiger partial charge in [0.05, 0.1) is 6.54 Å². The molecule has 0 aromatic rings. The molecule has 0 aromatic carbocycles. The van der Waals surface area contributed by atoms with Crippen LogP contribution in [-0.4, -0.2) is 60.6 Å². The number of nitrogens with zero attached hydrogens (tertiary/aromatic N) is 2. The fraction of sp³-hybridized carbons (Fsp3) is 0.882. The van der Waals surface area contributed by atoms with Gasteiger partial charge in [-0.05, 0) is 45.6 Å². The molecule has 0 aliphatic carbocycles. The lowest BCUT2D eigenvalue weighted by molar-refractivity contribution is 0.0430. The van der Waals surface area contributed by atoms with Gasteiger partial charge < -0.3 is 10.2 Å². The third-order valence-electron chi connectivity index (χ3n) is 5.71. The van der Waals surface area contributed by atoms with Gasteiger partial charge in [-0.1, -0.05) is 12.3 Å². The van der Waals surface area contributed by atoms with Crippen LogP contribution in [0.1, 0.15) is 44.9 Å². The standard InChI is InChI=1S/C17H29N3/c1-3-9-20-10-7-14(8-11-20)18-15-12-16-5-4-6-17(13-15)19(16)2/h1,14-18H,4-13H2,2H3. The molecule has 112 valence electrons. The number of hydrogen-bond acceptors (Lipinski definition) is 3. The monoisotopic (exact) mass is 275 g/mol. The molecule has 3 nitrogen and oxygen atoms in total. The van der Waals surface area contributed by atoms with E-state index in [1.807, 2.05) is 0 Å². The Bertz CT molecular complexity index is 340. The van der Waals surface area contributed by atoms with Gasteiger partial charge in [-0.2, -0.15) is 0 Å². The Kier molecular flexibility index (Phi) is 4.65. The van der Waals surface area contributed by atoms with Crippen LogP contribution in [0.2, 0.25) is 0 Å². The van der Waals surface area contributed by atoms with Gasteiger partial charge in [-0.3, -0.25) is 4.90 Å². The van der Waals surface area contributed by atoms with Crippen LogP contribution in [0.25, 0.3) is 0 Å². The summed E-state index contributed by atoms with van der Waals surface area (Å²) in [6.07, 6.45) is 14.9. The normalized spacial score (nSPS) is 36.7. The van der Waals surface area contributed by atoms with Crippen LogP contribution >= 0.6 is 0 Å². The van der Waals surface area contributed by atoms with Crippen molar-refractivity contribution < 1.29 is 0 Å². The molecule has 2 atom stereocenters. The molecule has 3 aliphatic heterocycles. The second-order valence-corrected chi connectivity index (χ2v) is 6.99. The average Bonchev–Trinajstić information content (AvgIpc) is 2.42. The highest BCUT2D eigenvalue weighted by atomic mass is 15.2. The van der Waals surface area contributed by atoms with Crippen molar-refractivity contribution in [2.24, 2.45) is 0 Å². The number of rotatable bonds is 3. The van der Waals surface area contributed by atoms with Crippen molar-refractivity contribution >= 4 is 0 Å². The summed E-state index contributed by atoms with van der Waals surface area (Å²) in [5, 5.41) is 3.96. The lowest BCUT2D eigenvalue weighted by atomic mass is 9.82. The Balaban J connectivity index is 1.46. The third-order valence-corrected chi connectivity index (χ3v) is 5.71. The fourth-order valence-electron chi connectivity index (χ4n) is 4.47. The summed E-state index contributed by atoms with van der Waals surface area (Å²) in [5.41, 5.74) is 0. The molecule has 2 unspecified atom stereocenters. The summed E-state index contributed by atoms with van der Waals surface area (Å²) in [6.45, 7) is 3.16. The summed E-state index contributed by atoms with van der Waals surface area (Å²) < 4.78 is 0. The SMILES string of the molecule is C#CCN1CCC(NC2CC3CCCC(C2)N3C)CC1. The van der Waals surface area contributed by atoms with Crippen LogP contribution in [0.3, 0.4) is 0 Å². The first-order valence-corrected chi connectivity index (χ1v) is 8.40. The molecule has 3 saturated heterocycles. The van der Waals surface area contributed by atoms with E-state index < -0.39 is 0 Å². The summed E-state index contributed by atoms with van der Waals surface area (Å²) >= 11 is 0. The Morgan fingerprint density at radius 1 is 1.05 bits per heavy atom. The Morgan fingerprint density at radius 2 is 1.70 bits per heavy atom. The van der Waals surface area contributed by atoms with Crippen molar-refractivity contribution in [3.8, 4) is 12.3 Å². The molecule has 20 heavy (non-hydrogen) atoms. The van der Waals surface area contributed by atoms with Gasteiger partial charge in [-0.25, -0.2) is 0 Å². The van der Waals surface area contributed by atoms with Crippen molar-refractivity contribution in [3.63, 3.8) is 0 Å². The topological polar surface area (TPSA) is 18.5 Å². The van der Waals surface area contributed by atoms with Crippen LogP contribution in [0, 0.1) is 12.3 Å². The van der Waals surface area contributed by atoms with E-state index in [0.29, 0.717) is 0 Å². The first-order chi connectivity index (χ1) is 9.76. The Morgan fingerprint density at radius 3 is 2.30 bits per heavy atom. The largest absolute Gasteiger partial charge is 0.311 e. The predicted molar refractivity (Wildman–Crippen MR) is 83.6 cm³/mol. The van der Waals surface area contributed by atoms with E-state index in [1.165, 1.54) is 58.0 Å². The van der Waals surface area contributed by atoms with E-state index in [1.54, 1.807) is 0 Å². The zero-order chi connectivity index (χ0) is 13.9. The minimum atomic E-state index is 0.721. The minimum Gasteiger partial charge on any atom is -0.311 e. The fourth-order valence-corrected chi connectivity index (χ4v) is 4.47. The maximum Gasteiger partial charge on any atom is 0.0598 e. The molecule has 3 aliphatic rings. The molecule has 3 fully saturated rings. The molecule has 1 N–H and O–H groups in total. The van der Waals surface area contributed by atoms with E-state index in [4.69, 9.17) is 6.42 Å². The summed E-state index contributed by atoms with van der Waals surface area (Å²) in [5.74, 6) is 2.77. The van der Waals surface area contributed by atoms with Crippen LogP contribution < -0.4 is 5.32 Å². The van der Waals surface area contributed by atoms with Gasteiger partial charge in [0.1, 0.15) is 0 Å². The second-order valence-electron chi connectivity index (χ2n) is 6.99. The lowest BCUT2D eigenvalue weighted by Crippen LogP contribution is -2.56. The highest BCUT2D eigenvalue weighted by Crippen LogP contribution is 2.33. The van der Waals surface area contributed by atoms with Gasteiger partial charge in [0.25, 0.3) is 0 Å². The van der Waals surface area contributed by atoms with Crippen LogP contribution in [0.15, 0.2) is 0 Å². The van der Waals surface area contributed by atoms with Crippen LogP contribution in [0.4, 0.5) is 0 Å². The zero-order valence-corrected chi connectivity index (χ0v) is 12.9. The molecule has 0 spiro atoms. The van der Waals surface area contributed by atoms with Gasteiger partial charge in [-0.15, -0.1) is 6.42 Å². The summed E-state index contributed by atoms with van der Waals surface area (Å²) in [7, 11) is 2.34. The first-order valence-electron chi connectivity index (χ1n) is 8.40. The molecule has 3 heterocycles. The minimum absolute atomic E-state index is 0.721. The maximum atomic E-state index is 5.40. The van der Waals surface area contributed by atoms with Crippen molar-refractivity contribution in [2.75, 3.05) is 26.7 Å². The van der Waals surface area contributed by atoms with Gasteiger partial charge >= 0.3 is 0 Å². The predicted octanol–water partition coefficient (Wildman–Crippen LogP) is 1.69. The first kappa shape index (κ1) is 14.4. The van der Waals surface area contributed by atoms with Gasteiger partial charge in [0.15, 0.2) is 0 Å². The zero-order valence-electron chi connectivity index (χ0n) is 12.9. The van der Waals surface area contributed by atoms with E-state index in [-0.39, 0.29) is 0 Å². The Hall–Kier alpha value is -0.560. The van der Waals surface area contributed by atoms with E-state index in [2.05, 4.69) is 28.1 Å². The number of terminal acetylenes is 1. The molecular formula is C17H29N3. The van der Waals surface area contributed by atoms with E-state index in [0.717, 1.165) is 30.7 Å². The quantitative estimate of drug-likeness (QED) is 0.791. The molecule has 3 rings (SSSR count). The number of piperidine rings is 3. The average molecular weight is 275 g/mol. The highest BCUT2D eigenvalue weighted by Gasteiger charge is 2.36. The number of fused-ring (bicyclic) bond motifs is 2. The summed E-state index contributed by atoms with van der Waals surface area (Å²) in [6, 6.07) is 3.15. The molecule has 0 saturated carbocycles. The van der Waals surface area contributed by atoms with Crippen molar-refractivity contribution in [1.29, 1.82) is 0 Å². The number of hydrogen-bond donors (Lipinski definition) is 1. The third kappa shape index (κ3) is 3.19. The lowest BCUT2D eigenvalue weighted by Gasteiger charge is -2.48. The molecule has 0 radical (unpaired) electrons. The van der Waals surface area contributed by atoms with E-state index >= 15 is 0 Å². The van der Waals surface area contributed by atoms with Crippen LogP contribution in [-0.2, 0) is 0 Å². The molecule has 0 aromatic heterocycles. The maximum absolute atomic E-state index is 5.40. The van der Waals surface area contributed by atoms with Crippen molar-refractivity contribution in [2.45, 2.75) is 69.1 Å². The van der Waals surface area contributed by atoms with E-state index in [9.17, 15) is 0 Å². The molecular weight excluding hydrogens is 246 g/mol. The molecule has 0 amide bonds.